The van der Waals surface area contributed by atoms with Crippen LogP contribution in [0.15, 0.2) is 58.3 Å². The Hall–Kier alpha value is -1.94. The van der Waals surface area contributed by atoms with Crippen molar-refractivity contribution < 1.29 is 14.3 Å². The van der Waals surface area contributed by atoms with E-state index >= 15 is 0 Å². The van der Waals surface area contributed by atoms with Crippen LogP contribution in [0, 0.1) is 6.92 Å². The minimum Gasteiger partial charge on any atom is -0.482 e. The number of aryl methyl sites for hydroxylation is 1. The number of benzene rings is 2. The summed E-state index contributed by atoms with van der Waals surface area (Å²) in [6, 6.07) is 16.1. The second kappa shape index (κ2) is 7.74. The highest BCUT2D eigenvalue weighted by molar-refractivity contribution is 7.99. The Morgan fingerprint density at radius 1 is 1.00 bits per heavy atom. The molecule has 2 rings (SSSR count). The van der Waals surface area contributed by atoms with E-state index in [4.69, 9.17) is 9.47 Å². The summed E-state index contributed by atoms with van der Waals surface area (Å²) in [5.74, 6) is 0.312. The van der Waals surface area contributed by atoms with Gasteiger partial charge in [0.2, 0.25) is 0 Å². The summed E-state index contributed by atoms with van der Waals surface area (Å²) in [7, 11) is 0. The predicted octanol–water partition coefficient (Wildman–Crippen LogP) is 4.09. The molecule has 0 N–H and O–H groups in total. The van der Waals surface area contributed by atoms with Crippen molar-refractivity contribution in [2.45, 2.75) is 23.6 Å². The fourth-order valence-electron chi connectivity index (χ4n) is 1.69. The summed E-state index contributed by atoms with van der Waals surface area (Å²) in [6.07, 6.45) is 0. The highest BCUT2D eigenvalue weighted by Gasteiger charge is 2.03. The van der Waals surface area contributed by atoms with Crippen LogP contribution in [0.5, 0.6) is 5.75 Å². The molecule has 0 unspecified atom stereocenters. The maximum atomic E-state index is 11.2. The molecule has 2 aromatic carbocycles. The molecule has 4 heteroatoms. The van der Waals surface area contributed by atoms with E-state index in [9.17, 15) is 4.79 Å². The zero-order valence-electron chi connectivity index (χ0n) is 12.2. The molecule has 0 amide bonds. The van der Waals surface area contributed by atoms with E-state index in [-0.39, 0.29) is 12.6 Å². The van der Waals surface area contributed by atoms with Crippen LogP contribution in [-0.4, -0.2) is 19.2 Å². The fraction of sp³-hybridized carbons (Fsp3) is 0.235. The molecule has 21 heavy (non-hydrogen) atoms. The van der Waals surface area contributed by atoms with Crippen molar-refractivity contribution in [1.29, 1.82) is 0 Å². The van der Waals surface area contributed by atoms with Crippen LogP contribution in [0.2, 0.25) is 0 Å². The van der Waals surface area contributed by atoms with Crippen LogP contribution in [0.25, 0.3) is 0 Å². The summed E-state index contributed by atoms with van der Waals surface area (Å²) >= 11 is 1.69. The number of hydrogen-bond donors (Lipinski definition) is 0. The van der Waals surface area contributed by atoms with Gasteiger partial charge in [-0.25, -0.2) is 4.79 Å². The van der Waals surface area contributed by atoms with Gasteiger partial charge in [-0.05, 0) is 50.2 Å². The lowest BCUT2D eigenvalue weighted by molar-refractivity contribution is -0.145. The standard InChI is InChI=1S/C17H18O3S/c1-3-19-17(18)12-20-14-6-10-16(11-7-14)21-15-8-4-13(2)5-9-15/h4-11H,3,12H2,1-2H3. The van der Waals surface area contributed by atoms with Gasteiger partial charge in [-0.1, -0.05) is 29.5 Å². The van der Waals surface area contributed by atoms with Crippen molar-refractivity contribution in [3.63, 3.8) is 0 Å². The number of rotatable bonds is 6. The first kappa shape index (κ1) is 15.4. The van der Waals surface area contributed by atoms with Crippen molar-refractivity contribution in [2.24, 2.45) is 0 Å². The number of carbonyl (C=O) groups excluding carboxylic acids is 1. The molecule has 0 spiro atoms. The van der Waals surface area contributed by atoms with Crippen LogP contribution < -0.4 is 4.74 Å². The molecule has 3 nitrogen and oxygen atoms in total. The van der Waals surface area contributed by atoms with Gasteiger partial charge < -0.3 is 9.47 Å². The van der Waals surface area contributed by atoms with Gasteiger partial charge in [-0.15, -0.1) is 0 Å². The normalized spacial score (nSPS) is 10.2. The third kappa shape index (κ3) is 5.16. The van der Waals surface area contributed by atoms with E-state index in [1.165, 1.54) is 10.5 Å². The summed E-state index contributed by atoms with van der Waals surface area (Å²) in [5.41, 5.74) is 1.25. The average molecular weight is 302 g/mol. The summed E-state index contributed by atoms with van der Waals surface area (Å²) in [5, 5.41) is 0. The van der Waals surface area contributed by atoms with Gasteiger partial charge >= 0.3 is 5.97 Å². The third-order valence-corrected chi connectivity index (χ3v) is 3.76. The van der Waals surface area contributed by atoms with Gasteiger partial charge in [0.1, 0.15) is 5.75 Å². The molecular formula is C17H18O3S. The quantitative estimate of drug-likeness (QED) is 0.753. The lowest BCUT2D eigenvalue weighted by Crippen LogP contribution is -2.14. The van der Waals surface area contributed by atoms with E-state index < -0.39 is 0 Å². The Bertz CT molecular complexity index is 576. The van der Waals surface area contributed by atoms with Crippen LogP contribution in [0.1, 0.15) is 12.5 Å². The zero-order chi connectivity index (χ0) is 15.1. The average Bonchev–Trinajstić information content (AvgIpc) is 2.49. The molecule has 0 fully saturated rings. The van der Waals surface area contributed by atoms with Gasteiger partial charge in [0, 0.05) is 9.79 Å². The van der Waals surface area contributed by atoms with E-state index in [2.05, 4.69) is 31.2 Å². The second-order valence-electron chi connectivity index (χ2n) is 4.48. The Balaban J connectivity index is 1.89. The van der Waals surface area contributed by atoms with Crippen LogP contribution in [0.3, 0.4) is 0 Å². The van der Waals surface area contributed by atoms with Crippen LogP contribution >= 0.6 is 11.8 Å². The van der Waals surface area contributed by atoms with E-state index in [1.807, 2.05) is 24.3 Å². The topological polar surface area (TPSA) is 35.5 Å². The lowest BCUT2D eigenvalue weighted by atomic mass is 10.2. The van der Waals surface area contributed by atoms with Gasteiger partial charge in [0.05, 0.1) is 6.61 Å². The van der Waals surface area contributed by atoms with Crippen molar-refractivity contribution in [2.75, 3.05) is 13.2 Å². The molecule has 0 aliphatic carbocycles. The SMILES string of the molecule is CCOC(=O)COc1ccc(Sc2ccc(C)cc2)cc1. The highest BCUT2D eigenvalue weighted by Crippen LogP contribution is 2.29. The third-order valence-electron chi connectivity index (χ3n) is 2.74. The molecule has 0 atom stereocenters. The maximum Gasteiger partial charge on any atom is 0.344 e. The molecular weight excluding hydrogens is 284 g/mol. The molecule has 110 valence electrons. The summed E-state index contributed by atoms with van der Waals surface area (Å²) in [4.78, 5) is 13.5. The van der Waals surface area contributed by atoms with Gasteiger partial charge in [-0.3, -0.25) is 0 Å². The Morgan fingerprint density at radius 2 is 1.57 bits per heavy atom. The molecule has 0 bridgehead atoms. The number of carbonyl (C=O) groups is 1. The molecule has 0 aromatic heterocycles. The first-order valence-corrected chi connectivity index (χ1v) is 7.62. The monoisotopic (exact) mass is 302 g/mol. The van der Waals surface area contributed by atoms with Crippen molar-refractivity contribution in [3.8, 4) is 5.75 Å². The number of ether oxygens (including phenoxy) is 2. The molecule has 0 heterocycles. The zero-order valence-corrected chi connectivity index (χ0v) is 13.0. The van der Waals surface area contributed by atoms with Crippen molar-refractivity contribution >= 4 is 17.7 Å². The summed E-state index contributed by atoms with van der Waals surface area (Å²) in [6.45, 7) is 4.16. The van der Waals surface area contributed by atoms with Crippen molar-refractivity contribution in [1.82, 2.24) is 0 Å². The van der Waals surface area contributed by atoms with Gasteiger partial charge in [0.15, 0.2) is 6.61 Å². The van der Waals surface area contributed by atoms with E-state index in [0.29, 0.717) is 12.4 Å². The molecule has 0 saturated heterocycles. The molecule has 0 saturated carbocycles. The molecule has 0 aliphatic rings. The minimum atomic E-state index is -0.351. The summed E-state index contributed by atoms with van der Waals surface area (Å²) < 4.78 is 10.2. The van der Waals surface area contributed by atoms with E-state index in [1.54, 1.807) is 18.7 Å². The minimum absolute atomic E-state index is 0.0573. The Morgan fingerprint density at radius 3 is 2.14 bits per heavy atom. The maximum absolute atomic E-state index is 11.2. The molecule has 2 aromatic rings. The smallest absolute Gasteiger partial charge is 0.344 e. The first-order valence-electron chi connectivity index (χ1n) is 6.80. The Labute approximate surface area is 129 Å². The molecule has 0 radical (unpaired) electrons. The predicted molar refractivity (Wildman–Crippen MR) is 83.9 cm³/mol. The number of esters is 1. The lowest BCUT2D eigenvalue weighted by Gasteiger charge is -2.07. The Kier molecular flexibility index (Phi) is 5.69. The molecule has 0 aliphatic heterocycles. The van der Waals surface area contributed by atoms with Gasteiger partial charge in [-0.2, -0.15) is 0 Å². The van der Waals surface area contributed by atoms with Crippen LogP contribution in [-0.2, 0) is 9.53 Å². The number of hydrogen-bond acceptors (Lipinski definition) is 4. The van der Waals surface area contributed by atoms with Crippen LogP contribution in [0.4, 0.5) is 0 Å². The van der Waals surface area contributed by atoms with Crippen molar-refractivity contribution in [3.05, 3.63) is 54.1 Å². The fourth-order valence-corrected chi connectivity index (χ4v) is 2.51. The second-order valence-corrected chi connectivity index (χ2v) is 5.63. The van der Waals surface area contributed by atoms with E-state index in [0.717, 1.165) is 4.90 Å². The largest absolute Gasteiger partial charge is 0.482 e. The highest BCUT2D eigenvalue weighted by atomic mass is 32.2. The van der Waals surface area contributed by atoms with Gasteiger partial charge in [0.25, 0.3) is 0 Å². The first-order chi connectivity index (χ1) is 10.2.